The Balaban J connectivity index is 2.02. The maximum absolute atomic E-state index is 12.3. The summed E-state index contributed by atoms with van der Waals surface area (Å²) >= 11 is 0. The van der Waals surface area contributed by atoms with Gasteiger partial charge in [0, 0.05) is 25.9 Å². The van der Waals surface area contributed by atoms with E-state index < -0.39 is 0 Å². The summed E-state index contributed by atoms with van der Waals surface area (Å²) in [5, 5.41) is 2.80. The van der Waals surface area contributed by atoms with Crippen LogP contribution in [0.5, 0.6) is 5.75 Å². The Morgan fingerprint density at radius 1 is 1.17 bits per heavy atom. The lowest BCUT2D eigenvalue weighted by atomic mass is 10.2. The molecule has 0 radical (unpaired) electrons. The van der Waals surface area contributed by atoms with E-state index in [4.69, 9.17) is 4.74 Å². The molecule has 2 amide bonds. The lowest BCUT2D eigenvalue weighted by Gasteiger charge is -2.21. The molecule has 0 atom stereocenters. The highest BCUT2D eigenvalue weighted by Crippen LogP contribution is 2.23. The van der Waals surface area contributed by atoms with Crippen molar-refractivity contribution in [2.45, 2.75) is 20.4 Å². The molecule has 1 aromatic heterocycles. The van der Waals surface area contributed by atoms with Gasteiger partial charge in [-0.2, -0.15) is 0 Å². The number of aromatic nitrogens is 1. The lowest BCUT2D eigenvalue weighted by molar-refractivity contribution is -0.133. The first kappa shape index (κ1) is 17.5. The van der Waals surface area contributed by atoms with Gasteiger partial charge in [0.25, 0.3) is 0 Å². The fraction of sp³-hybridized carbons (Fsp3) is 0.278. The van der Waals surface area contributed by atoms with Crippen LogP contribution < -0.4 is 10.1 Å². The molecule has 1 N–H and O–H groups in total. The highest BCUT2D eigenvalue weighted by atomic mass is 16.5. The molecule has 1 aromatic carbocycles. The third kappa shape index (κ3) is 5.08. The van der Waals surface area contributed by atoms with Crippen molar-refractivity contribution in [3.63, 3.8) is 0 Å². The third-order valence-corrected chi connectivity index (χ3v) is 3.36. The van der Waals surface area contributed by atoms with Gasteiger partial charge in [0.05, 0.1) is 12.3 Å². The van der Waals surface area contributed by atoms with Gasteiger partial charge in [-0.1, -0.05) is 12.1 Å². The Labute approximate surface area is 141 Å². The van der Waals surface area contributed by atoms with Gasteiger partial charge in [-0.25, -0.2) is 0 Å². The zero-order chi connectivity index (χ0) is 17.4. The number of hydrogen-bond donors (Lipinski definition) is 1. The smallest absolute Gasteiger partial charge is 0.244 e. The van der Waals surface area contributed by atoms with E-state index in [1.165, 1.54) is 11.8 Å². The van der Waals surface area contributed by atoms with Crippen molar-refractivity contribution >= 4 is 17.5 Å². The summed E-state index contributed by atoms with van der Waals surface area (Å²) < 4.78 is 5.48. The van der Waals surface area contributed by atoms with Crippen molar-refractivity contribution in [3.05, 3.63) is 54.4 Å². The molecular weight excluding hydrogens is 306 g/mol. The summed E-state index contributed by atoms with van der Waals surface area (Å²) in [6.45, 7) is 4.17. The molecule has 2 aromatic rings. The number of hydrogen-bond acceptors (Lipinski definition) is 4. The highest BCUT2D eigenvalue weighted by molar-refractivity contribution is 5.95. The van der Waals surface area contributed by atoms with E-state index in [0.717, 1.165) is 5.56 Å². The standard InChI is InChI=1S/C18H21N3O3/c1-3-24-17-7-5-4-6-16(17)20-18(23)13-21(14(2)22)12-15-8-10-19-11-9-15/h4-11H,3,12-13H2,1-2H3,(H,20,23). The van der Waals surface area contributed by atoms with Gasteiger partial charge in [0.15, 0.2) is 0 Å². The van der Waals surface area contributed by atoms with Crippen LogP contribution in [-0.2, 0) is 16.1 Å². The molecule has 2 rings (SSSR count). The minimum absolute atomic E-state index is 0.0296. The molecule has 0 saturated heterocycles. The molecule has 6 heteroatoms. The molecule has 0 saturated carbocycles. The maximum Gasteiger partial charge on any atom is 0.244 e. The van der Waals surface area contributed by atoms with Crippen molar-refractivity contribution in [2.75, 3.05) is 18.5 Å². The topological polar surface area (TPSA) is 71.5 Å². The predicted molar refractivity (Wildman–Crippen MR) is 91.6 cm³/mol. The molecule has 0 fully saturated rings. The Bertz CT molecular complexity index is 689. The van der Waals surface area contributed by atoms with E-state index in [2.05, 4.69) is 10.3 Å². The second kappa shape index (κ2) is 8.67. The van der Waals surface area contributed by atoms with Gasteiger partial charge in [-0.3, -0.25) is 14.6 Å². The number of nitrogens with zero attached hydrogens (tertiary/aromatic N) is 2. The van der Waals surface area contributed by atoms with Crippen molar-refractivity contribution in [3.8, 4) is 5.75 Å². The Morgan fingerprint density at radius 3 is 2.54 bits per heavy atom. The van der Waals surface area contributed by atoms with E-state index in [1.54, 1.807) is 24.5 Å². The minimum Gasteiger partial charge on any atom is -0.492 e. The Morgan fingerprint density at radius 2 is 1.88 bits per heavy atom. The molecule has 0 aliphatic carbocycles. The largest absolute Gasteiger partial charge is 0.492 e. The predicted octanol–water partition coefficient (Wildman–Crippen LogP) is 2.47. The summed E-state index contributed by atoms with van der Waals surface area (Å²) in [6.07, 6.45) is 3.32. The number of benzene rings is 1. The number of rotatable bonds is 7. The summed E-state index contributed by atoms with van der Waals surface area (Å²) in [6, 6.07) is 10.9. The van der Waals surface area contributed by atoms with Crippen LogP contribution in [0.1, 0.15) is 19.4 Å². The summed E-state index contributed by atoms with van der Waals surface area (Å²) in [5.41, 5.74) is 1.51. The summed E-state index contributed by atoms with van der Waals surface area (Å²) in [5.74, 6) is 0.170. The van der Waals surface area contributed by atoms with Crippen LogP contribution in [-0.4, -0.2) is 34.8 Å². The minimum atomic E-state index is -0.272. The molecule has 0 unspecified atom stereocenters. The van der Waals surface area contributed by atoms with E-state index in [-0.39, 0.29) is 18.4 Å². The maximum atomic E-state index is 12.3. The Hall–Kier alpha value is -2.89. The van der Waals surface area contributed by atoms with Gasteiger partial charge in [0.2, 0.25) is 11.8 Å². The van der Waals surface area contributed by atoms with Gasteiger partial charge in [-0.05, 0) is 36.8 Å². The first-order chi connectivity index (χ1) is 11.6. The van der Waals surface area contributed by atoms with Crippen molar-refractivity contribution in [1.29, 1.82) is 0 Å². The van der Waals surface area contributed by atoms with Crippen molar-refractivity contribution in [1.82, 2.24) is 9.88 Å². The van der Waals surface area contributed by atoms with Gasteiger partial charge >= 0.3 is 0 Å². The first-order valence-electron chi connectivity index (χ1n) is 7.76. The second-order valence-electron chi connectivity index (χ2n) is 5.21. The zero-order valence-corrected chi connectivity index (χ0v) is 13.9. The molecule has 1 heterocycles. The quantitative estimate of drug-likeness (QED) is 0.848. The van der Waals surface area contributed by atoms with E-state index in [9.17, 15) is 9.59 Å². The van der Waals surface area contributed by atoms with Gasteiger partial charge in [0.1, 0.15) is 12.3 Å². The van der Waals surface area contributed by atoms with E-state index in [1.807, 2.05) is 31.2 Å². The average Bonchev–Trinajstić information content (AvgIpc) is 2.57. The average molecular weight is 327 g/mol. The normalized spacial score (nSPS) is 10.1. The van der Waals surface area contributed by atoms with Crippen molar-refractivity contribution < 1.29 is 14.3 Å². The number of ether oxygens (including phenoxy) is 1. The molecule has 126 valence electrons. The number of amides is 2. The fourth-order valence-electron chi connectivity index (χ4n) is 2.20. The molecule has 0 aliphatic rings. The van der Waals surface area contributed by atoms with Crippen LogP contribution in [0.3, 0.4) is 0 Å². The molecular formula is C18H21N3O3. The second-order valence-corrected chi connectivity index (χ2v) is 5.21. The summed E-state index contributed by atoms with van der Waals surface area (Å²) in [4.78, 5) is 29.5. The number of para-hydroxylation sites is 2. The van der Waals surface area contributed by atoms with Crippen LogP contribution in [0, 0.1) is 0 Å². The van der Waals surface area contributed by atoms with Gasteiger partial charge < -0.3 is 15.0 Å². The summed E-state index contributed by atoms with van der Waals surface area (Å²) in [7, 11) is 0. The number of anilines is 1. The number of nitrogens with one attached hydrogen (secondary N) is 1. The monoisotopic (exact) mass is 327 g/mol. The van der Waals surface area contributed by atoms with E-state index >= 15 is 0 Å². The fourth-order valence-corrected chi connectivity index (χ4v) is 2.20. The highest BCUT2D eigenvalue weighted by Gasteiger charge is 2.15. The lowest BCUT2D eigenvalue weighted by Crippen LogP contribution is -2.36. The SMILES string of the molecule is CCOc1ccccc1NC(=O)CN(Cc1ccncc1)C(C)=O. The van der Waals surface area contributed by atoms with Crippen LogP contribution in [0.4, 0.5) is 5.69 Å². The van der Waals surface area contributed by atoms with E-state index in [0.29, 0.717) is 24.6 Å². The van der Waals surface area contributed by atoms with Crippen LogP contribution in [0.25, 0.3) is 0 Å². The molecule has 0 aliphatic heterocycles. The zero-order valence-electron chi connectivity index (χ0n) is 13.9. The number of carbonyl (C=O) groups excluding carboxylic acids is 2. The van der Waals surface area contributed by atoms with Gasteiger partial charge in [-0.15, -0.1) is 0 Å². The Kier molecular flexibility index (Phi) is 6.31. The molecule has 0 bridgehead atoms. The number of pyridine rings is 1. The molecule has 6 nitrogen and oxygen atoms in total. The van der Waals surface area contributed by atoms with Crippen LogP contribution in [0.2, 0.25) is 0 Å². The van der Waals surface area contributed by atoms with Crippen molar-refractivity contribution in [2.24, 2.45) is 0 Å². The number of carbonyl (C=O) groups is 2. The molecule has 24 heavy (non-hydrogen) atoms. The van der Waals surface area contributed by atoms with Crippen LogP contribution in [0.15, 0.2) is 48.8 Å². The molecule has 0 spiro atoms. The van der Waals surface area contributed by atoms with Crippen LogP contribution >= 0.6 is 0 Å². The first-order valence-corrected chi connectivity index (χ1v) is 7.76. The third-order valence-electron chi connectivity index (χ3n) is 3.36.